The van der Waals surface area contributed by atoms with Crippen LogP contribution >= 0.6 is 0 Å². The number of rotatable bonds is 2. The second-order valence-corrected chi connectivity index (χ2v) is 11.3. The lowest BCUT2D eigenvalue weighted by Gasteiger charge is -2.23. The molecule has 0 saturated carbocycles. The summed E-state index contributed by atoms with van der Waals surface area (Å²) in [5, 5.41) is 4.95. The molecule has 9 rings (SSSR count). The van der Waals surface area contributed by atoms with Crippen LogP contribution in [0, 0.1) is 0 Å². The minimum absolute atomic E-state index is 0.931. The van der Waals surface area contributed by atoms with Gasteiger partial charge in [-0.2, -0.15) is 9.13 Å². The minimum atomic E-state index is 0.931. The molecule has 3 nitrogen and oxygen atoms in total. The Morgan fingerprint density at radius 1 is 0.610 bits per heavy atom. The highest BCUT2D eigenvalue weighted by molar-refractivity contribution is 6.07. The van der Waals surface area contributed by atoms with Crippen molar-refractivity contribution in [3.05, 3.63) is 132 Å². The van der Waals surface area contributed by atoms with Crippen molar-refractivity contribution in [2.45, 2.75) is 25.9 Å². The summed E-state index contributed by atoms with van der Waals surface area (Å²) in [6.45, 7) is 2.01. The second-order valence-electron chi connectivity index (χ2n) is 11.3. The first-order valence-corrected chi connectivity index (χ1v) is 14.5. The number of para-hydroxylation sites is 2. The fourth-order valence-electron chi connectivity index (χ4n) is 7.02. The van der Waals surface area contributed by atoms with Crippen LogP contribution in [0.3, 0.4) is 0 Å². The second kappa shape index (κ2) is 8.74. The van der Waals surface area contributed by atoms with E-state index in [0.29, 0.717) is 0 Å². The number of aryl methyl sites for hydroxylation is 4. The van der Waals surface area contributed by atoms with Crippen LogP contribution in [0.4, 0.5) is 0 Å². The van der Waals surface area contributed by atoms with Crippen molar-refractivity contribution >= 4 is 44.9 Å². The standard InChI is InChI=1S/C38H28N2O/c1-2-8-30-26(6-1)17-22-40-23-19-28-15-14-27-18-21-39-20-16-25(24-33(39)35(27)36(28)37(30)40)12-13-29-7-5-10-32-31-9-3-4-11-34(31)41-38(29)32/h1-17,20,22,24H,18-19,21,23H2/q+2/b13-12+. The first-order valence-electron chi connectivity index (χ1n) is 14.5. The van der Waals surface area contributed by atoms with Gasteiger partial charge in [0.2, 0.25) is 11.4 Å². The largest absolute Gasteiger partial charge is 0.455 e. The summed E-state index contributed by atoms with van der Waals surface area (Å²) in [5.41, 5.74) is 12.5. The molecule has 2 aliphatic heterocycles. The monoisotopic (exact) mass is 528 g/mol. The maximum atomic E-state index is 6.28. The predicted octanol–water partition coefficient (Wildman–Crippen LogP) is 7.93. The van der Waals surface area contributed by atoms with Crippen LogP contribution < -0.4 is 9.13 Å². The Kier molecular flexibility index (Phi) is 4.85. The average molecular weight is 529 g/mol. The van der Waals surface area contributed by atoms with E-state index >= 15 is 0 Å². The van der Waals surface area contributed by atoms with Gasteiger partial charge in [0.1, 0.15) is 11.2 Å². The molecule has 3 aromatic heterocycles. The molecule has 0 N–H and O–H groups in total. The van der Waals surface area contributed by atoms with Crippen LogP contribution in [0.15, 0.2) is 114 Å². The van der Waals surface area contributed by atoms with Gasteiger partial charge in [0.15, 0.2) is 25.5 Å². The zero-order valence-corrected chi connectivity index (χ0v) is 22.7. The number of nitrogens with zero attached hydrogens (tertiary/aromatic N) is 2. The van der Waals surface area contributed by atoms with Gasteiger partial charge >= 0.3 is 0 Å². The molecule has 0 fully saturated rings. The van der Waals surface area contributed by atoms with Gasteiger partial charge in [-0.25, -0.2) is 0 Å². The van der Waals surface area contributed by atoms with Crippen molar-refractivity contribution in [1.29, 1.82) is 0 Å². The summed E-state index contributed by atoms with van der Waals surface area (Å²) in [6.07, 6.45) is 11.1. The lowest BCUT2D eigenvalue weighted by atomic mass is 9.83. The third-order valence-corrected chi connectivity index (χ3v) is 9.00. The molecule has 7 aromatic rings. The van der Waals surface area contributed by atoms with E-state index in [9.17, 15) is 0 Å². The number of hydrogen-bond acceptors (Lipinski definition) is 1. The summed E-state index contributed by atoms with van der Waals surface area (Å²) < 4.78 is 11.2. The fourth-order valence-corrected chi connectivity index (χ4v) is 7.02. The Morgan fingerprint density at radius 3 is 2.29 bits per heavy atom. The Morgan fingerprint density at radius 2 is 1.37 bits per heavy atom. The van der Waals surface area contributed by atoms with Gasteiger partial charge in [-0.1, -0.05) is 78.9 Å². The average Bonchev–Trinajstić information content (AvgIpc) is 3.42. The van der Waals surface area contributed by atoms with E-state index in [1.165, 1.54) is 50.0 Å². The molecule has 0 radical (unpaired) electrons. The van der Waals surface area contributed by atoms with Crippen LogP contribution in [0.25, 0.3) is 67.4 Å². The van der Waals surface area contributed by atoms with Crippen molar-refractivity contribution in [3.63, 3.8) is 0 Å². The van der Waals surface area contributed by atoms with E-state index in [4.69, 9.17) is 4.42 Å². The fraction of sp³-hybridized carbons (Fsp3) is 0.105. The third-order valence-electron chi connectivity index (χ3n) is 9.00. The number of fused-ring (bicyclic) bond motifs is 12. The molecule has 0 unspecified atom stereocenters. The number of pyridine rings is 2. The minimum Gasteiger partial charge on any atom is -0.455 e. The quantitative estimate of drug-likeness (QED) is 0.209. The molecule has 0 saturated heterocycles. The van der Waals surface area contributed by atoms with E-state index in [1.54, 1.807) is 0 Å². The predicted molar refractivity (Wildman–Crippen MR) is 165 cm³/mol. The molecule has 2 aliphatic rings. The zero-order valence-electron chi connectivity index (χ0n) is 22.7. The Bertz CT molecular complexity index is 2220. The molecule has 194 valence electrons. The van der Waals surface area contributed by atoms with Gasteiger partial charge in [-0.05, 0) is 34.2 Å². The molecular weight excluding hydrogens is 500 g/mol. The maximum Gasteiger partial charge on any atom is 0.221 e. The Hall–Kier alpha value is -5.02. The molecule has 0 amide bonds. The van der Waals surface area contributed by atoms with Gasteiger partial charge in [0.05, 0.1) is 16.5 Å². The van der Waals surface area contributed by atoms with Gasteiger partial charge in [0.25, 0.3) is 0 Å². The van der Waals surface area contributed by atoms with Crippen LogP contribution in [-0.2, 0) is 25.9 Å². The lowest BCUT2D eigenvalue weighted by Crippen LogP contribution is -2.43. The molecule has 0 aliphatic carbocycles. The Labute approximate surface area is 238 Å². The summed E-state index contributed by atoms with van der Waals surface area (Å²) in [5.74, 6) is 0. The highest BCUT2D eigenvalue weighted by atomic mass is 16.3. The van der Waals surface area contributed by atoms with Crippen molar-refractivity contribution in [1.82, 2.24) is 0 Å². The number of benzene rings is 4. The number of aromatic nitrogens is 2. The van der Waals surface area contributed by atoms with Crippen molar-refractivity contribution in [3.8, 4) is 22.5 Å². The molecular formula is C38H28N2O+2. The smallest absolute Gasteiger partial charge is 0.221 e. The third kappa shape index (κ3) is 3.45. The molecule has 0 spiro atoms. The van der Waals surface area contributed by atoms with Gasteiger partial charge in [-0.3, -0.25) is 0 Å². The summed E-state index contributed by atoms with van der Waals surface area (Å²) in [4.78, 5) is 0. The first kappa shape index (κ1) is 22.8. The van der Waals surface area contributed by atoms with E-state index in [-0.39, 0.29) is 0 Å². The highest BCUT2D eigenvalue weighted by Crippen LogP contribution is 2.41. The van der Waals surface area contributed by atoms with E-state index in [0.717, 1.165) is 53.4 Å². The van der Waals surface area contributed by atoms with E-state index in [2.05, 4.69) is 119 Å². The molecule has 41 heavy (non-hydrogen) atoms. The Balaban J connectivity index is 1.21. The maximum absolute atomic E-state index is 6.28. The normalized spacial score (nSPS) is 13.9. The van der Waals surface area contributed by atoms with Crippen LogP contribution in [0.2, 0.25) is 0 Å². The molecule has 0 atom stereocenters. The number of furan rings is 1. The van der Waals surface area contributed by atoms with Crippen molar-refractivity contribution in [2.75, 3.05) is 0 Å². The highest BCUT2D eigenvalue weighted by Gasteiger charge is 2.34. The topological polar surface area (TPSA) is 20.9 Å². The molecule has 0 bridgehead atoms. The van der Waals surface area contributed by atoms with E-state index in [1.807, 2.05) is 12.1 Å². The van der Waals surface area contributed by atoms with Gasteiger partial charge < -0.3 is 4.42 Å². The van der Waals surface area contributed by atoms with Gasteiger partial charge in [0, 0.05) is 47.4 Å². The summed E-state index contributed by atoms with van der Waals surface area (Å²) in [7, 11) is 0. The van der Waals surface area contributed by atoms with Crippen LogP contribution in [0.1, 0.15) is 22.3 Å². The lowest BCUT2D eigenvalue weighted by molar-refractivity contribution is -0.689. The van der Waals surface area contributed by atoms with E-state index < -0.39 is 0 Å². The summed E-state index contributed by atoms with van der Waals surface area (Å²) in [6, 6.07) is 35.1. The molecule has 3 heteroatoms. The molecule has 4 aromatic carbocycles. The first-order chi connectivity index (χ1) is 20.3. The van der Waals surface area contributed by atoms with Crippen LogP contribution in [0.5, 0.6) is 0 Å². The SMILES string of the molecule is C(=C\c1cccc2c1oc1ccccc12)/c1cc[n+]2c(c1)-c1c(ccc3c1-c1c4ccccc4cc[n+]1CC3)CC2. The summed E-state index contributed by atoms with van der Waals surface area (Å²) >= 11 is 0. The van der Waals surface area contributed by atoms with Crippen molar-refractivity contribution in [2.24, 2.45) is 0 Å². The zero-order chi connectivity index (χ0) is 26.9. The number of hydrogen-bond donors (Lipinski definition) is 0. The molecule has 5 heterocycles. The van der Waals surface area contributed by atoms with Crippen LogP contribution in [-0.4, -0.2) is 0 Å². The van der Waals surface area contributed by atoms with Crippen molar-refractivity contribution < 1.29 is 13.6 Å². The van der Waals surface area contributed by atoms with Gasteiger partial charge in [-0.15, -0.1) is 0 Å².